The topological polar surface area (TPSA) is 9.23 Å². The van der Waals surface area contributed by atoms with Crippen LogP contribution >= 0.6 is 0 Å². The summed E-state index contributed by atoms with van der Waals surface area (Å²) in [4.78, 5) is 0. The smallest absolute Gasteiger partial charge is 0.0707 e. The maximum atomic E-state index is 6.33. The predicted octanol–water partition coefficient (Wildman–Crippen LogP) is 5.52. The van der Waals surface area contributed by atoms with E-state index in [1.165, 1.54) is 44.9 Å². The standard InChI is InChI=1S/C19H32O/c1-5-16-13-14-17(18(16)20-19(2,3)4)12-11-15-9-7-6-8-10-15/h5,11-12,15-18H,1,6-10,13-14H2,2-4H3/b12-11+/t16-,17+,18-/m0/s1. The molecule has 0 saturated heterocycles. The van der Waals surface area contributed by atoms with Crippen LogP contribution in [0.4, 0.5) is 0 Å². The molecule has 1 heteroatoms. The molecule has 2 fully saturated rings. The summed E-state index contributed by atoms with van der Waals surface area (Å²) in [7, 11) is 0. The third-order valence-electron chi connectivity index (χ3n) is 4.75. The monoisotopic (exact) mass is 276 g/mol. The van der Waals surface area contributed by atoms with Gasteiger partial charge in [-0.1, -0.05) is 37.5 Å². The lowest BCUT2D eigenvalue weighted by Crippen LogP contribution is -2.33. The van der Waals surface area contributed by atoms with Crippen molar-refractivity contribution in [3.63, 3.8) is 0 Å². The van der Waals surface area contributed by atoms with E-state index in [1.54, 1.807) is 0 Å². The lowest BCUT2D eigenvalue weighted by atomic mass is 9.87. The van der Waals surface area contributed by atoms with Crippen LogP contribution in [-0.4, -0.2) is 11.7 Å². The van der Waals surface area contributed by atoms with Gasteiger partial charge in [-0.25, -0.2) is 0 Å². The summed E-state index contributed by atoms with van der Waals surface area (Å²) in [5.74, 6) is 1.93. The molecular weight excluding hydrogens is 244 g/mol. The number of ether oxygens (including phenoxy) is 1. The van der Waals surface area contributed by atoms with E-state index in [0.29, 0.717) is 17.9 Å². The molecule has 0 radical (unpaired) electrons. The predicted molar refractivity (Wildman–Crippen MR) is 86.8 cm³/mol. The second kappa shape index (κ2) is 6.93. The summed E-state index contributed by atoms with van der Waals surface area (Å²) in [6.07, 6.45) is 16.9. The molecular formula is C19H32O. The molecule has 0 aromatic carbocycles. The molecule has 2 aliphatic carbocycles. The summed E-state index contributed by atoms with van der Waals surface area (Å²) in [6, 6.07) is 0. The van der Waals surface area contributed by atoms with E-state index >= 15 is 0 Å². The van der Waals surface area contributed by atoms with Gasteiger partial charge in [0, 0.05) is 11.8 Å². The van der Waals surface area contributed by atoms with Crippen LogP contribution in [0.5, 0.6) is 0 Å². The van der Waals surface area contributed by atoms with E-state index in [0.717, 1.165) is 5.92 Å². The largest absolute Gasteiger partial charge is 0.371 e. The average Bonchev–Trinajstić information content (AvgIpc) is 2.77. The minimum Gasteiger partial charge on any atom is -0.371 e. The van der Waals surface area contributed by atoms with Crippen LogP contribution in [0.1, 0.15) is 65.7 Å². The van der Waals surface area contributed by atoms with Crippen molar-refractivity contribution in [3.05, 3.63) is 24.8 Å². The third-order valence-corrected chi connectivity index (χ3v) is 4.75. The first-order valence-electron chi connectivity index (χ1n) is 8.48. The first kappa shape index (κ1) is 15.8. The van der Waals surface area contributed by atoms with Gasteiger partial charge in [0.25, 0.3) is 0 Å². The number of rotatable bonds is 4. The van der Waals surface area contributed by atoms with Crippen molar-refractivity contribution in [3.8, 4) is 0 Å². The Bertz CT molecular complexity index is 330. The van der Waals surface area contributed by atoms with Crippen molar-refractivity contribution in [1.82, 2.24) is 0 Å². The Morgan fingerprint density at radius 3 is 2.15 bits per heavy atom. The van der Waals surface area contributed by atoms with Crippen molar-refractivity contribution in [2.75, 3.05) is 0 Å². The molecule has 0 bridgehead atoms. The van der Waals surface area contributed by atoms with Crippen molar-refractivity contribution >= 4 is 0 Å². The van der Waals surface area contributed by atoms with Crippen LogP contribution in [0.25, 0.3) is 0 Å². The van der Waals surface area contributed by atoms with Gasteiger partial charge in [0.2, 0.25) is 0 Å². The molecule has 2 rings (SSSR count). The lowest BCUT2D eigenvalue weighted by molar-refractivity contribution is -0.0799. The molecule has 0 aliphatic heterocycles. The average molecular weight is 276 g/mol. The summed E-state index contributed by atoms with van der Waals surface area (Å²) in [5.41, 5.74) is -0.0623. The molecule has 0 N–H and O–H groups in total. The minimum absolute atomic E-state index is 0.0623. The highest BCUT2D eigenvalue weighted by Gasteiger charge is 2.36. The van der Waals surface area contributed by atoms with E-state index in [9.17, 15) is 0 Å². The Morgan fingerprint density at radius 2 is 1.55 bits per heavy atom. The maximum Gasteiger partial charge on any atom is 0.0707 e. The zero-order valence-corrected chi connectivity index (χ0v) is 13.6. The van der Waals surface area contributed by atoms with Gasteiger partial charge in [-0.05, 0) is 52.4 Å². The second-order valence-corrected chi connectivity index (χ2v) is 7.62. The Balaban J connectivity index is 1.97. The Morgan fingerprint density at radius 1 is 0.900 bits per heavy atom. The molecule has 114 valence electrons. The fraction of sp³-hybridized carbons (Fsp3) is 0.789. The number of hydrogen-bond donors (Lipinski definition) is 0. The van der Waals surface area contributed by atoms with E-state index < -0.39 is 0 Å². The van der Waals surface area contributed by atoms with Crippen LogP contribution in [0, 0.1) is 17.8 Å². The Kier molecular flexibility index (Phi) is 5.49. The molecule has 0 spiro atoms. The van der Waals surface area contributed by atoms with Gasteiger partial charge < -0.3 is 4.74 Å². The summed E-state index contributed by atoms with van der Waals surface area (Å²) < 4.78 is 6.33. The molecule has 0 heterocycles. The Labute approximate surface area is 125 Å². The van der Waals surface area contributed by atoms with Gasteiger partial charge in [-0.3, -0.25) is 0 Å². The first-order valence-corrected chi connectivity index (χ1v) is 8.48. The summed E-state index contributed by atoms with van der Waals surface area (Å²) >= 11 is 0. The molecule has 0 aromatic heterocycles. The zero-order valence-electron chi connectivity index (χ0n) is 13.6. The van der Waals surface area contributed by atoms with Gasteiger partial charge >= 0.3 is 0 Å². The molecule has 2 aliphatic rings. The fourth-order valence-corrected chi connectivity index (χ4v) is 3.70. The summed E-state index contributed by atoms with van der Waals surface area (Å²) in [6.45, 7) is 10.5. The van der Waals surface area contributed by atoms with Crippen LogP contribution in [0.2, 0.25) is 0 Å². The van der Waals surface area contributed by atoms with Gasteiger partial charge in [-0.15, -0.1) is 6.58 Å². The first-order chi connectivity index (χ1) is 9.49. The fourth-order valence-electron chi connectivity index (χ4n) is 3.70. The number of hydrogen-bond acceptors (Lipinski definition) is 1. The van der Waals surface area contributed by atoms with Crippen LogP contribution in [-0.2, 0) is 4.74 Å². The van der Waals surface area contributed by atoms with Gasteiger partial charge in [0.05, 0.1) is 11.7 Å². The number of allylic oxidation sites excluding steroid dienone is 1. The van der Waals surface area contributed by atoms with Crippen LogP contribution in [0.3, 0.4) is 0 Å². The molecule has 0 amide bonds. The van der Waals surface area contributed by atoms with E-state index in [1.807, 2.05) is 0 Å². The van der Waals surface area contributed by atoms with Crippen LogP contribution in [0.15, 0.2) is 24.8 Å². The molecule has 20 heavy (non-hydrogen) atoms. The molecule has 0 unspecified atom stereocenters. The van der Waals surface area contributed by atoms with E-state index in [-0.39, 0.29) is 5.60 Å². The van der Waals surface area contributed by atoms with E-state index in [2.05, 4.69) is 45.6 Å². The maximum absolute atomic E-state index is 6.33. The van der Waals surface area contributed by atoms with Crippen molar-refractivity contribution < 1.29 is 4.74 Å². The van der Waals surface area contributed by atoms with Crippen molar-refractivity contribution in [1.29, 1.82) is 0 Å². The lowest BCUT2D eigenvalue weighted by Gasteiger charge is -2.31. The SMILES string of the molecule is C=C[C@H]1CC[C@@H](/C=C/C2CCCCC2)[C@H]1OC(C)(C)C. The third kappa shape index (κ3) is 4.48. The highest BCUT2D eigenvalue weighted by molar-refractivity contribution is 5.05. The van der Waals surface area contributed by atoms with Gasteiger partial charge in [-0.2, -0.15) is 0 Å². The minimum atomic E-state index is -0.0623. The molecule has 3 atom stereocenters. The summed E-state index contributed by atoms with van der Waals surface area (Å²) in [5, 5.41) is 0. The molecule has 0 aromatic rings. The van der Waals surface area contributed by atoms with Crippen molar-refractivity contribution in [2.24, 2.45) is 17.8 Å². The second-order valence-electron chi connectivity index (χ2n) is 7.62. The zero-order chi connectivity index (χ0) is 14.6. The Hall–Kier alpha value is -0.560. The quantitative estimate of drug-likeness (QED) is 0.614. The normalized spacial score (nSPS) is 32.9. The van der Waals surface area contributed by atoms with Crippen molar-refractivity contribution in [2.45, 2.75) is 77.4 Å². The van der Waals surface area contributed by atoms with Crippen LogP contribution < -0.4 is 0 Å². The van der Waals surface area contributed by atoms with Gasteiger partial charge in [0.15, 0.2) is 0 Å². The molecule has 1 nitrogen and oxygen atoms in total. The van der Waals surface area contributed by atoms with E-state index in [4.69, 9.17) is 4.74 Å². The van der Waals surface area contributed by atoms with Gasteiger partial charge in [0.1, 0.15) is 0 Å². The highest BCUT2D eigenvalue weighted by Crippen LogP contribution is 2.38. The molecule has 2 saturated carbocycles. The highest BCUT2D eigenvalue weighted by atomic mass is 16.5.